The Bertz CT molecular complexity index is 654. The third-order valence-corrected chi connectivity index (χ3v) is 3.05. The maximum absolute atomic E-state index is 11.5. The number of ether oxygens (including phenoxy) is 1. The first-order valence-corrected chi connectivity index (χ1v) is 6.88. The zero-order valence-corrected chi connectivity index (χ0v) is 12.6. The summed E-state index contributed by atoms with van der Waals surface area (Å²) < 4.78 is 9.50. The molecule has 0 fully saturated rings. The van der Waals surface area contributed by atoms with Crippen molar-refractivity contribution >= 4 is 23.5 Å². The number of halogens is 1. The lowest BCUT2D eigenvalue weighted by atomic mass is 10.2. The van der Waals surface area contributed by atoms with Crippen molar-refractivity contribution < 1.29 is 18.8 Å². The van der Waals surface area contributed by atoms with Crippen LogP contribution in [-0.4, -0.2) is 35.7 Å². The van der Waals surface area contributed by atoms with E-state index < -0.39 is 5.97 Å². The highest BCUT2D eigenvalue weighted by Crippen LogP contribution is 2.18. The fraction of sp³-hybridized carbons (Fsp3) is 0.286. The summed E-state index contributed by atoms with van der Waals surface area (Å²) in [7, 11) is 1.26. The first kappa shape index (κ1) is 16.0. The molecule has 0 aliphatic heterocycles. The predicted molar refractivity (Wildman–Crippen MR) is 78.1 cm³/mol. The van der Waals surface area contributed by atoms with Crippen molar-refractivity contribution in [1.82, 2.24) is 15.5 Å². The van der Waals surface area contributed by atoms with Gasteiger partial charge in [0.05, 0.1) is 7.11 Å². The van der Waals surface area contributed by atoms with E-state index >= 15 is 0 Å². The molecule has 0 bridgehead atoms. The van der Waals surface area contributed by atoms with Crippen molar-refractivity contribution in [3.63, 3.8) is 0 Å². The number of carbonyl (C=O) groups excluding carboxylic acids is 2. The van der Waals surface area contributed by atoms with Gasteiger partial charge in [0, 0.05) is 23.4 Å². The number of aryl methyl sites for hydroxylation is 1. The summed E-state index contributed by atoms with van der Waals surface area (Å²) in [6.45, 7) is -0.158. The fourth-order valence-corrected chi connectivity index (χ4v) is 1.75. The minimum Gasteiger partial charge on any atom is -0.468 e. The molecule has 1 aromatic heterocycles. The van der Waals surface area contributed by atoms with E-state index in [4.69, 9.17) is 16.1 Å². The molecule has 1 N–H and O–H groups in total. The van der Waals surface area contributed by atoms with E-state index in [9.17, 15) is 9.59 Å². The second kappa shape index (κ2) is 7.56. The van der Waals surface area contributed by atoms with Crippen molar-refractivity contribution in [2.45, 2.75) is 12.8 Å². The molecule has 7 nitrogen and oxygen atoms in total. The zero-order valence-electron chi connectivity index (χ0n) is 11.8. The molecule has 0 saturated heterocycles. The second-order valence-electron chi connectivity index (χ2n) is 4.37. The van der Waals surface area contributed by atoms with Crippen LogP contribution in [0.3, 0.4) is 0 Å². The Labute approximate surface area is 131 Å². The number of carbonyl (C=O) groups is 2. The smallest absolute Gasteiger partial charge is 0.325 e. The van der Waals surface area contributed by atoms with Crippen molar-refractivity contribution in [2.75, 3.05) is 13.7 Å². The summed E-state index contributed by atoms with van der Waals surface area (Å²) >= 11 is 5.81. The standard InChI is InChI=1S/C14H14ClN3O4/c1-21-13(20)8-16-11(19)6-7-12-17-14(18-22-12)9-2-4-10(15)5-3-9/h2-5H,6-8H2,1H3,(H,16,19). The van der Waals surface area contributed by atoms with Gasteiger partial charge in [0.1, 0.15) is 6.54 Å². The topological polar surface area (TPSA) is 94.3 Å². The Morgan fingerprint density at radius 2 is 2.05 bits per heavy atom. The van der Waals surface area contributed by atoms with Crippen molar-refractivity contribution in [2.24, 2.45) is 0 Å². The molecule has 1 aromatic carbocycles. The van der Waals surface area contributed by atoms with Crippen LogP contribution in [0.4, 0.5) is 0 Å². The average molecular weight is 324 g/mol. The number of rotatable bonds is 6. The summed E-state index contributed by atoms with van der Waals surface area (Å²) in [4.78, 5) is 26.6. The third kappa shape index (κ3) is 4.56. The number of nitrogens with zero attached hydrogens (tertiary/aromatic N) is 2. The molecule has 1 amide bonds. The van der Waals surface area contributed by atoms with Crippen LogP contribution in [0.2, 0.25) is 5.02 Å². The van der Waals surface area contributed by atoms with Gasteiger partial charge >= 0.3 is 5.97 Å². The molecule has 0 spiro atoms. The van der Waals surface area contributed by atoms with Crippen molar-refractivity contribution in [3.05, 3.63) is 35.2 Å². The summed E-state index contributed by atoms with van der Waals surface area (Å²) in [6.07, 6.45) is 0.423. The van der Waals surface area contributed by atoms with Gasteiger partial charge in [-0.15, -0.1) is 0 Å². The first-order chi connectivity index (χ1) is 10.6. The van der Waals surface area contributed by atoms with Crippen LogP contribution in [-0.2, 0) is 20.7 Å². The molecular formula is C14H14ClN3O4. The number of nitrogens with one attached hydrogen (secondary N) is 1. The lowest BCUT2D eigenvalue weighted by Crippen LogP contribution is -2.30. The highest BCUT2D eigenvalue weighted by Gasteiger charge is 2.11. The van der Waals surface area contributed by atoms with Gasteiger partial charge in [0.2, 0.25) is 17.6 Å². The number of esters is 1. The van der Waals surface area contributed by atoms with Crippen LogP contribution in [0.5, 0.6) is 0 Å². The van der Waals surface area contributed by atoms with Gasteiger partial charge in [0.15, 0.2) is 0 Å². The molecule has 0 radical (unpaired) electrons. The van der Waals surface area contributed by atoms with Crippen LogP contribution in [0.25, 0.3) is 11.4 Å². The zero-order chi connectivity index (χ0) is 15.9. The second-order valence-corrected chi connectivity index (χ2v) is 4.81. The SMILES string of the molecule is COC(=O)CNC(=O)CCc1nc(-c2ccc(Cl)cc2)no1. The van der Waals surface area contributed by atoms with Gasteiger partial charge < -0.3 is 14.6 Å². The molecule has 22 heavy (non-hydrogen) atoms. The van der Waals surface area contributed by atoms with Crippen LogP contribution in [0.1, 0.15) is 12.3 Å². The predicted octanol–water partition coefficient (Wildman–Crippen LogP) is 1.61. The van der Waals surface area contributed by atoms with E-state index in [1.165, 1.54) is 7.11 Å². The first-order valence-electron chi connectivity index (χ1n) is 6.50. The van der Waals surface area contributed by atoms with Crippen molar-refractivity contribution in [1.29, 1.82) is 0 Å². The molecule has 1 heterocycles. The summed E-state index contributed by atoms with van der Waals surface area (Å²) in [6, 6.07) is 7.01. The minimum atomic E-state index is -0.504. The summed E-state index contributed by atoms with van der Waals surface area (Å²) in [5.74, 6) is -0.0207. The Kier molecular flexibility index (Phi) is 5.48. The van der Waals surface area contributed by atoms with Gasteiger partial charge in [-0.2, -0.15) is 4.98 Å². The van der Waals surface area contributed by atoms with E-state index in [0.29, 0.717) is 16.7 Å². The maximum Gasteiger partial charge on any atom is 0.325 e. The van der Waals surface area contributed by atoms with Crippen LogP contribution in [0.15, 0.2) is 28.8 Å². The molecule has 0 aliphatic carbocycles. The largest absolute Gasteiger partial charge is 0.468 e. The minimum absolute atomic E-state index is 0.138. The number of hydrogen-bond acceptors (Lipinski definition) is 6. The summed E-state index contributed by atoms with van der Waals surface area (Å²) in [5, 5.41) is 6.90. The average Bonchev–Trinajstić information content (AvgIpc) is 3.00. The van der Waals surface area contributed by atoms with E-state index in [1.807, 2.05) is 0 Å². The Morgan fingerprint density at radius 3 is 2.73 bits per heavy atom. The fourth-order valence-electron chi connectivity index (χ4n) is 1.62. The van der Waals surface area contributed by atoms with E-state index in [-0.39, 0.29) is 25.3 Å². The molecule has 2 aromatic rings. The van der Waals surface area contributed by atoms with Gasteiger partial charge in [-0.1, -0.05) is 16.8 Å². The Morgan fingerprint density at radius 1 is 1.32 bits per heavy atom. The van der Waals surface area contributed by atoms with Crippen molar-refractivity contribution in [3.8, 4) is 11.4 Å². The van der Waals surface area contributed by atoms with Gasteiger partial charge in [-0.25, -0.2) is 0 Å². The quantitative estimate of drug-likeness (QED) is 0.812. The van der Waals surface area contributed by atoms with E-state index in [1.54, 1.807) is 24.3 Å². The molecule has 0 unspecified atom stereocenters. The van der Waals surface area contributed by atoms with Gasteiger partial charge in [-0.05, 0) is 24.3 Å². The van der Waals surface area contributed by atoms with Gasteiger partial charge in [-0.3, -0.25) is 9.59 Å². The number of amides is 1. The molecule has 8 heteroatoms. The molecule has 0 atom stereocenters. The normalized spacial score (nSPS) is 10.3. The molecule has 0 saturated carbocycles. The molecule has 116 valence electrons. The lowest BCUT2D eigenvalue weighted by Gasteiger charge is -2.01. The highest BCUT2D eigenvalue weighted by atomic mass is 35.5. The molecular weight excluding hydrogens is 310 g/mol. The third-order valence-electron chi connectivity index (χ3n) is 2.79. The van der Waals surface area contributed by atoms with Gasteiger partial charge in [0.25, 0.3) is 0 Å². The molecule has 2 rings (SSSR count). The summed E-state index contributed by atoms with van der Waals surface area (Å²) in [5.41, 5.74) is 0.773. The van der Waals surface area contributed by atoms with Crippen LogP contribution >= 0.6 is 11.6 Å². The Balaban J connectivity index is 1.86. The number of aromatic nitrogens is 2. The Hall–Kier alpha value is -2.41. The van der Waals surface area contributed by atoms with Crippen LogP contribution < -0.4 is 5.32 Å². The van der Waals surface area contributed by atoms with E-state index in [2.05, 4.69) is 20.2 Å². The highest BCUT2D eigenvalue weighted by molar-refractivity contribution is 6.30. The monoisotopic (exact) mass is 323 g/mol. The van der Waals surface area contributed by atoms with Crippen LogP contribution in [0, 0.1) is 0 Å². The number of hydrogen-bond donors (Lipinski definition) is 1. The lowest BCUT2D eigenvalue weighted by molar-refractivity contribution is -0.141. The number of benzene rings is 1. The number of methoxy groups -OCH3 is 1. The molecule has 0 aliphatic rings. The maximum atomic E-state index is 11.5. The van der Waals surface area contributed by atoms with E-state index in [0.717, 1.165) is 5.56 Å².